The number of carboxylic acids is 1. The maximum absolute atomic E-state index is 13.3. The van der Waals surface area contributed by atoms with Gasteiger partial charge in [0, 0.05) is 19.2 Å². The second-order valence-corrected chi connectivity index (χ2v) is 9.33. The first-order chi connectivity index (χ1) is 16.8. The molecule has 4 rings (SSSR count). The lowest BCUT2D eigenvalue weighted by molar-refractivity contribution is -0.137. The minimum atomic E-state index is -0.854. The van der Waals surface area contributed by atoms with Gasteiger partial charge >= 0.3 is 5.97 Å². The number of benzene rings is 1. The van der Waals surface area contributed by atoms with Crippen molar-refractivity contribution in [3.05, 3.63) is 75.3 Å². The quantitative estimate of drug-likeness (QED) is 0.254. The van der Waals surface area contributed by atoms with Gasteiger partial charge in [-0.15, -0.1) is 0 Å². The van der Waals surface area contributed by atoms with Gasteiger partial charge in [-0.1, -0.05) is 36.5 Å². The number of carbonyl (C=O) groups is 2. The number of fused-ring (bicyclic) bond motifs is 1. The zero-order chi connectivity index (χ0) is 24.9. The minimum Gasteiger partial charge on any atom is -0.481 e. The lowest BCUT2D eigenvalue weighted by Crippen LogP contribution is -2.29. The molecular formula is C24H20FN3O5S2. The average molecular weight is 514 g/mol. The van der Waals surface area contributed by atoms with E-state index >= 15 is 0 Å². The van der Waals surface area contributed by atoms with Gasteiger partial charge in [0.05, 0.1) is 4.91 Å². The van der Waals surface area contributed by atoms with Gasteiger partial charge in [0.2, 0.25) is 5.88 Å². The number of thiocarbonyl (C=S) groups is 1. The highest BCUT2D eigenvalue weighted by Gasteiger charge is 2.32. The first-order valence-electron chi connectivity index (χ1n) is 10.8. The first kappa shape index (κ1) is 24.6. The van der Waals surface area contributed by atoms with Gasteiger partial charge in [-0.25, -0.2) is 4.39 Å². The van der Waals surface area contributed by atoms with Gasteiger partial charge in [0.15, 0.2) is 0 Å². The lowest BCUT2D eigenvalue weighted by atomic mass is 10.2. The number of aliphatic carboxylic acids is 1. The standard InChI is InChI=1S/C24H20FN3O5S2/c25-15-8-10-16(11-9-15)33-21-17(22(31)27-12-5-3-6-19(27)26-21)14-18-23(32)28(24(34)35-18)13-4-1-2-7-20(29)30/h3,5-6,8-12,14H,1-2,4,7,13H2,(H,29,30)/b18-14+. The molecule has 2 aromatic heterocycles. The maximum Gasteiger partial charge on any atom is 0.303 e. The second kappa shape index (κ2) is 10.8. The molecule has 1 saturated heterocycles. The van der Waals surface area contributed by atoms with E-state index in [4.69, 9.17) is 22.1 Å². The van der Waals surface area contributed by atoms with Crippen LogP contribution in [0.5, 0.6) is 11.6 Å². The van der Waals surface area contributed by atoms with Crippen molar-refractivity contribution in [3.8, 4) is 11.6 Å². The Bertz CT molecular complexity index is 1390. The summed E-state index contributed by atoms with van der Waals surface area (Å²) in [7, 11) is 0. The SMILES string of the molecule is O=C(O)CCCCCN1C(=O)/C(=C\c2c(Oc3ccc(F)cc3)nc3ccccn3c2=O)SC1=S. The summed E-state index contributed by atoms with van der Waals surface area (Å²) >= 11 is 6.43. The number of nitrogens with zero attached hydrogens (tertiary/aromatic N) is 3. The molecule has 0 radical (unpaired) electrons. The Morgan fingerprint density at radius 3 is 2.66 bits per heavy atom. The van der Waals surface area contributed by atoms with Crippen molar-refractivity contribution in [2.24, 2.45) is 0 Å². The molecule has 0 atom stereocenters. The van der Waals surface area contributed by atoms with Crippen molar-refractivity contribution < 1.29 is 23.8 Å². The highest BCUT2D eigenvalue weighted by molar-refractivity contribution is 8.26. The molecule has 0 spiro atoms. The topological polar surface area (TPSA) is 101 Å². The van der Waals surface area contributed by atoms with Crippen LogP contribution in [0.2, 0.25) is 0 Å². The summed E-state index contributed by atoms with van der Waals surface area (Å²) in [5.74, 6) is -1.37. The molecule has 35 heavy (non-hydrogen) atoms. The molecule has 3 heterocycles. The molecule has 1 amide bonds. The molecule has 180 valence electrons. The number of carbonyl (C=O) groups excluding carboxylic acids is 1. The number of thioether (sulfide) groups is 1. The van der Waals surface area contributed by atoms with Crippen LogP contribution in [0.4, 0.5) is 4.39 Å². The summed E-state index contributed by atoms with van der Waals surface area (Å²) in [4.78, 5) is 43.1. The molecule has 11 heteroatoms. The Kier molecular flexibility index (Phi) is 7.57. The maximum atomic E-state index is 13.3. The third-order valence-electron chi connectivity index (χ3n) is 5.18. The van der Waals surface area contributed by atoms with E-state index in [0.717, 1.165) is 11.8 Å². The summed E-state index contributed by atoms with van der Waals surface area (Å²) in [6.45, 7) is 0.357. The fraction of sp³-hybridized carbons (Fsp3) is 0.208. The van der Waals surface area contributed by atoms with E-state index in [1.165, 1.54) is 39.6 Å². The molecule has 0 saturated carbocycles. The van der Waals surface area contributed by atoms with Crippen molar-refractivity contribution in [2.45, 2.75) is 25.7 Å². The lowest BCUT2D eigenvalue weighted by Gasteiger charge is -2.14. The summed E-state index contributed by atoms with van der Waals surface area (Å²) in [6, 6.07) is 10.3. The number of rotatable bonds is 9. The third kappa shape index (κ3) is 5.75. The molecule has 1 aliphatic heterocycles. The summed E-state index contributed by atoms with van der Waals surface area (Å²) in [5.41, 5.74) is -0.0349. The van der Waals surface area contributed by atoms with E-state index < -0.39 is 17.3 Å². The Morgan fingerprint density at radius 2 is 1.91 bits per heavy atom. The van der Waals surface area contributed by atoms with Crippen LogP contribution < -0.4 is 10.3 Å². The van der Waals surface area contributed by atoms with Crippen molar-refractivity contribution in [3.63, 3.8) is 0 Å². The van der Waals surface area contributed by atoms with Crippen molar-refractivity contribution in [1.29, 1.82) is 0 Å². The number of ether oxygens (including phenoxy) is 1. The van der Waals surface area contributed by atoms with Crippen LogP contribution in [0.15, 0.2) is 58.4 Å². The van der Waals surface area contributed by atoms with Crippen LogP contribution in [-0.2, 0) is 9.59 Å². The van der Waals surface area contributed by atoms with Gasteiger partial charge in [0.1, 0.15) is 27.1 Å². The largest absolute Gasteiger partial charge is 0.481 e. The van der Waals surface area contributed by atoms with Gasteiger partial charge < -0.3 is 9.84 Å². The first-order valence-corrected chi connectivity index (χ1v) is 12.0. The molecule has 3 aromatic rings. The van der Waals surface area contributed by atoms with Crippen LogP contribution in [0.3, 0.4) is 0 Å². The third-order valence-corrected chi connectivity index (χ3v) is 6.56. The van der Waals surface area contributed by atoms with Crippen LogP contribution in [-0.4, -0.2) is 42.1 Å². The van der Waals surface area contributed by atoms with Crippen molar-refractivity contribution in [2.75, 3.05) is 6.54 Å². The molecule has 1 fully saturated rings. The summed E-state index contributed by atoms with van der Waals surface area (Å²) in [6.07, 6.45) is 4.82. The Balaban J connectivity index is 1.63. The van der Waals surface area contributed by atoms with Crippen LogP contribution in [0.25, 0.3) is 11.7 Å². The number of pyridine rings is 1. The van der Waals surface area contributed by atoms with E-state index in [0.29, 0.717) is 35.8 Å². The number of halogens is 1. The van der Waals surface area contributed by atoms with E-state index in [-0.39, 0.29) is 34.4 Å². The highest BCUT2D eigenvalue weighted by Crippen LogP contribution is 2.34. The van der Waals surface area contributed by atoms with Crippen molar-refractivity contribution in [1.82, 2.24) is 14.3 Å². The zero-order valence-corrected chi connectivity index (χ0v) is 20.0. The molecule has 1 aliphatic rings. The second-order valence-electron chi connectivity index (χ2n) is 7.66. The average Bonchev–Trinajstić information content (AvgIpc) is 3.10. The fourth-order valence-electron chi connectivity index (χ4n) is 3.44. The van der Waals surface area contributed by atoms with Crippen LogP contribution >= 0.6 is 24.0 Å². The Morgan fingerprint density at radius 1 is 1.14 bits per heavy atom. The van der Waals surface area contributed by atoms with Gasteiger partial charge in [-0.3, -0.25) is 23.7 Å². The highest BCUT2D eigenvalue weighted by atomic mass is 32.2. The molecule has 0 unspecified atom stereocenters. The van der Waals surface area contributed by atoms with Crippen molar-refractivity contribution >= 4 is 51.9 Å². The molecule has 1 N–H and O–H groups in total. The number of unbranched alkanes of at least 4 members (excludes halogenated alkanes) is 2. The Labute approximate surface area is 209 Å². The van der Waals surface area contributed by atoms with Crippen LogP contribution in [0, 0.1) is 5.82 Å². The number of aromatic nitrogens is 2. The zero-order valence-electron chi connectivity index (χ0n) is 18.3. The normalized spacial score (nSPS) is 14.8. The number of hydrogen-bond donors (Lipinski definition) is 1. The molecule has 0 bridgehead atoms. The fourth-order valence-corrected chi connectivity index (χ4v) is 4.74. The molecular weight excluding hydrogens is 493 g/mol. The molecule has 8 nitrogen and oxygen atoms in total. The summed E-state index contributed by atoms with van der Waals surface area (Å²) < 4.78 is 20.8. The predicted molar refractivity (Wildman–Crippen MR) is 134 cm³/mol. The van der Waals surface area contributed by atoms with E-state index in [2.05, 4.69) is 4.98 Å². The van der Waals surface area contributed by atoms with E-state index in [9.17, 15) is 18.8 Å². The minimum absolute atomic E-state index is 0.0215. The predicted octanol–water partition coefficient (Wildman–Crippen LogP) is 4.47. The van der Waals surface area contributed by atoms with E-state index in [1.54, 1.807) is 24.4 Å². The number of hydrogen-bond acceptors (Lipinski definition) is 7. The monoisotopic (exact) mass is 513 g/mol. The van der Waals surface area contributed by atoms with Gasteiger partial charge in [-0.2, -0.15) is 4.98 Å². The summed E-state index contributed by atoms with van der Waals surface area (Å²) in [5, 5.41) is 8.74. The molecule has 0 aliphatic carbocycles. The Hall–Kier alpha value is -3.57. The number of carboxylic acid groups (broad SMARTS) is 1. The smallest absolute Gasteiger partial charge is 0.303 e. The van der Waals surface area contributed by atoms with Gasteiger partial charge in [0.25, 0.3) is 11.5 Å². The van der Waals surface area contributed by atoms with Gasteiger partial charge in [-0.05, 0) is 55.3 Å². The number of amides is 1. The van der Waals surface area contributed by atoms with E-state index in [1.807, 2.05) is 0 Å². The van der Waals surface area contributed by atoms with Crippen LogP contribution in [0.1, 0.15) is 31.2 Å². The molecule has 1 aromatic carbocycles.